The van der Waals surface area contributed by atoms with Crippen LogP contribution < -0.4 is 0 Å². The van der Waals surface area contributed by atoms with Crippen LogP contribution in [0.3, 0.4) is 0 Å². The van der Waals surface area contributed by atoms with Gasteiger partial charge in [-0.2, -0.15) is 0 Å². The lowest BCUT2D eigenvalue weighted by atomic mass is 9.84. The van der Waals surface area contributed by atoms with Gasteiger partial charge in [-0.1, -0.05) is 46.4 Å². The van der Waals surface area contributed by atoms with Crippen LogP contribution in [0.4, 0.5) is 0 Å². The molecule has 0 aliphatic rings. The SMILES string of the molecule is C=CC(=C)C(=O)N(C(C)C)C(C)(C)CCC(C)C(C)CC. The molecular formula is C19H35NO. The Balaban J connectivity index is 5.00. The maximum atomic E-state index is 12.6. The highest BCUT2D eigenvalue weighted by molar-refractivity contribution is 5.96. The summed E-state index contributed by atoms with van der Waals surface area (Å²) in [5.41, 5.74) is 0.311. The number of hydrogen-bond acceptors (Lipinski definition) is 1. The van der Waals surface area contributed by atoms with Crippen LogP contribution in [0.15, 0.2) is 24.8 Å². The Morgan fingerprint density at radius 1 is 1.19 bits per heavy atom. The van der Waals surface area contributed by atoms with Gasteiger partial charge in [0.2, 0.25) is 0 Å². The third kappa shape index (κ3) is 5.68. The summed E-state index contributed by atoms with van der Waals surface area (Å²) in [4.78, 5) is 14.5. The van der Waals surface area contributed by atoms with E-state index in [1.165, 1.54) is 6.42 Å². The average Bonchev–Trinajstić information content (AvgIpc) is 2.42. The summed E-state index contributed by atoms with van der Waals surface area (Å²) in [6, 6.07) is 0.156. The Hall–Kier alpha value is -1.05. The van der Waals surface area contributed by atoms with Gasteiger partial charge < -0.3 is 4.90 Å². The van der Waals surface area contributed by atoms with Gasteiger partial charge in [-0.05, 0) is 52.4 Å². The normalized spacial score (nSPS) is 14.7. The molecule has 0 bridgehead atoms. The van der Waals surface area contributed by atoms with Crippen molar-refractivity contribution in [2.45, 2.75) is 79.3 Å². The molecule has 0 N–H and O–H groups in total. The zero-order chi connectivity index (χ0) is 16.8. The summed E-state index contributed by atoms with van der Waals surface area (Å²) in [6.45, 7) is 22.8. The number of nitrogens with zero attached hydrogens (tertiary/aromatic N) is 1. The van der Waals surface area contributed by atoms with Gasteiger partial charge in [0.1, 0.15) is 0 Å². The van der Waals surface area contributed by atoms with Crippen molar-refractivity contribution in [2.24, 2.45) is 11.8 Å². The lowest BCUT2D eigenvalue weighted by Gasteiger charge is -2.42. The molecule has 2 heteroatoms. The minimum atomic E-state index is -0.168. The van der Waals surface area contributed by atoms with Gasteiger partial charge in [-0.15, -0.1) is 0 Å². The summed E-state index contributed by atoms with van der Waals surface area (Å²) in [6.07, 6.45) is 4.91. The number of amides is 1. The van der Waals surface area contributed by atoms with Crippen molar-refractivity contribution < 1.29 is 4.79 Å². The summed E-state index contributed by atoms with van der Waals surface area (Å²) in [5, 5.41) is 0. The van der Waals surface area contributed by atoms with Crippen molar-refractivity contribution in [1.29, 1.82) is 0 Å². The summed E-state index contributed by atoms with van der Waals surface area (Å²) < 4.78 is 0. The van der Waals surface area contributed by atoms with E-state index in [0.717, 1.165) is 18.8 Å². The Morgan fingerprint density at radius 3 is 2.10 bits per heavy atom. The maximum Gasteiger partial charge on any atom is 0.253 e. The number of carbonyl (C=O) groups excluding carboxylic acids is 1. The van der Waals surface area contributed by atoms with Gasteiger partial charge in [0.15, 0.2) is 0 Å². The first-order valence-corrected chi connectivity index (χ1v) is 8.23. The van der Waals surface area contributed by atoms with Gasteiger partial charge in [0.25, 0.3) is 5.91 Å². The average molecular weight is 293 g/mol. The highest BCUT2D eigenvalue weighted by atomic mass is 16.2. The minimum absolute atomic E-state index is 0.00110. The van der Waals surface area contributed by atoms with E-state index in [0.29, 0.717) is 11.5 Å². The van der Waals surface area contributed by atoms with E-state index in [1.54, 1.807) is 6.08 Å². The summed E-state index contributed by atoms with van der Waals surface area (Å²) in [7, 11) is 0. The van der Waals surface area contributed by atoms with Crippen molar-refractivity contribution in [3.8, 4) is 0 Å². The van der Waals surface area contributed by atoms with Crippen molar-refractivity contribution >= 4 is 5.91 Å². The van der Waals surface area contributed by atoms with Crippen LogP contribution in [0.5, 0.6) is 0 Å². The number of rotatable bonds is 9. The molecule has 0 fully saturated rings. The van der Waals surface area contributed by atoms with Crippen LogP contribution in [0.2, 0.25) is 0 Å². The van der Waals surface area contributed by atoms with Gasteiger partial charge >= 0.3 is 0 Å². The molecule has 0 aromatic rings. The number of carbonyl (C=O) groups is 1. The van der Waals surface area contributed by atoms with E-state index in [4.69, 9.17) is 0 Å². The van der Waals surface area contributed by atoms with Crippen LogP contribution in [0.25, 0.3) is 0 Å². The Kier molecular flexibility index (Phi) is 7.99. The third-order valence-corrected chi connectivity index (χ3v) is 4.74. The third-order valence-electron chi connectivity index (χ3n) is 4.74. The van der Waals surface area contributed by atoms with Gasteiger partial charge in [-0.3, -0.25) is 4.79 Å². The molecule has 2 atom stereocenters. The Morgan fingerprint density at radius 2 is 1.71 bits per heavy atom. The van der Waals surface area contributed by atoms with Crippen LogP contribution in [-0.4, -0.2) is 22.4 Å². The molecule has 0 aromatic carbocycles. The first-order chi connectivity index (χ1) is 9.58. The van der Waals surface area contributed by atoms with Crippen LogP contribution in [0, 0.1) is 11.8 Å². The predicted octanol–water partition coefficient (Wildman–Crippen LogP) is 5.21. The van der Waals surface area contributed by atoms with Crippen LogP contribution in [0.1, 0.15) is 67.7 Å². The molecule has 1 amide bonds. The summed E-state index contributed by atoms with van der Waals surface area (Å²) in [5.74, 6) is 1.41. The van der Waals surface area contributed by atoms with E-state index in [-0.39, 0.29) is 17.5 Å². The second kappa shape index (κ2) is 8.41. The molecule has 0 aliphatic carbocycles. The zero-order valence-electron chi connectivity index (χ0n) is 15.2. The Labute approximate surface area is 132 Å². The van der Waals surface area contributed by atoms with Gasteiger partial charge in [0.05, 0.1) is 0 Å². The fraction of sp³-hybridized carbons (Fsp3) is 0.737. The largest absolute Gasteiger partial charge is 0.331 e. The monoisotopic (exact) mass is 293 g/mol. The highest BCUT2D eigenvalue weighted by Crippen LogP contribution is 2.29. The van der Waals surface area contributed by atoms with Crippen molar-refractivity contribution in [2.75, 3.05) is 0 Å². The Bertz CT molecular complexity index is 368. The smallest absolute Gasteiger partial charge is 0.253 e. The standard InChI is InChI=1S/C19H35NO/c1-10-15(5)17(7)12-13-19(8,9)20(14(3)4)18(21)16(6)11-2/h11,14-15,17H,2,6,10,12-13H2,1,3-5,7-9H3. The molecule has 0 heterocycles. The molecule has 0 saturated heterocycles. The fourth-order valence-corrected chi connectivity index (χ4v) is 2.84. The van der Waals surface area contributed by atoms with Crippen LogP contribution >= 0.6 is 0 Å². The van der Waals surface area contributed by atoms with Gasteiger partial charge in [0, 0.05) is 17.2 Å². The molecule has 0 aromatic heterocycles. The molecule has 122 valence electrons. The van der Waals surface area contributed by atoms with Crippen molar-refractivity contribution in [3.63, 3.8) is 0 Å². The second-order valence-corrected chi connectivity index (χ2v) is 7.21. The first-order valence-electron chi connectivity index (χ1n) is 8.23. The van der Waals surface area contributed by atoms with Crippen LogP contribution in [-0.2, 0) is 4.79 Å². The molecule has 2 nitrogen and oxygen atoms in total. The molecule has 0 saturated carbocycles. The van der Waals surface area contributed by atoms with E-state index in [9.17, 15) is 4.79 Å². The number of hydrogen-bond donors (Lipinski definition) is 0. The van der Waals surface area contributed by atoms with Crippen molar-refractivity contribution in [3.05, 3.63) is 24.8 Å². The maximum absolute atomic E-state index is 12.6. The molecule has 0 spiro atoms. The fourth-order valence-electron chi connectivity index (χ4n) is 2.84. The molecule has 0 rings (SSSR count). The first kappa shape index (κ1) is 19.9. The lowest BCUT2D eigenvalue weighted by molar-refractivity contribution is -0.134. The zero-order valence-corrected chi connectivity index (χ0v) is 15.2. The van der Waals surface area contributed by atoms with E-state index in [1.807, 2.05) is 4.90 Å². The topological polar surface area (TPSA) is 20.3 Å². The minimum Gasteiger partial charge on any atom is -0.331 e. The lowest BCUT2D eigenvalue weighted by Crippen LogP contribution is -2.52. The van der Waals surface area contributed by atoms with E-state index >= 15 is 0 Å². The van der Waals surface area contributed by atoms with E-state index in [2.05, 4.69) is 61.6 Å². The molecule has 21 heavy (non-hydrogen) atoms. The predicted molar refractivity (Wildman–Crippen MR) is 93.3 cm³/mol. The second-order valence-electron chi connectivity index (χ2n) is 7.21. The molecule has 0 aliphatic heterocycles. The summed E-state index contributed by atoms with van der Waals surface area (Å²) >= 11 is 0. The molecule has 2 unspecified atom stereocenters. The molecular weight excluding hydrogens is 258 g/mol. The van der Waals surface area contributed by atoms with E-state index < -0.39 is 0 Å². The quantitative estimate of drug-likeness (QED) is 0.422. The van der Waals surface area contributed by atoms with Crippen molar-refractivity contribution in [1.82, 2.24) is 4.90 Å². The molecule has 0 radical (unpaired) electrons. The van der Waals surface area contributed by atoms with Gasteiger partial charge in [-0.25, -0.2) is 0 Å². The highest BCUT2D eigenvalue weighted by Gasteiger charge is 2.33.